The molecular formula is C13H18N6O. The van der Waals surface area contributed by atoms with Crippen LogP contribution in [0.3, 0.4) is 0 Å². The molecule has 2 heterocycles. The molecule has 1 amide bonds. The number of amides is 1. The molecule has 1 fully saturated rings. The van der Waals surface area contributed by atoms with Crippen molar-refractivity contribution >= 4 is 5.91 Å². The molecule has 2 aromatic rings. The van der Waals surface area contributed by atoms with Crippen molar-refractivity contribution in [3.05, 3.63) is 29.2 Å². The number of hydrogen-bond donors (Lipinski definition) is 2. The maximum Gasteiger partial charge on any atom is 0.251 e. The zero-order chi connectivity index (χ0) is 14.3. The lowest BCUT2D eigenvalue weighted by molar-refractivity contribution is 0.100. The zero-order valence-electron chi connectivity index (χ0n) is 11.6. The molecule has 7 heteroatoms. The summed E-state index contributed by atoms with van der Waals surface area (Å²) >= 11 is 0. The van der Waals surface area contributed by atoms with Crippen LogP contribution in [0.25, 0.3) is 5.82 Å². The summed E-state index contributed by atoms with van der Waals surface area (Å²) in [6.45, 7) is 2.73. The van der Waals surface area contributed by atoms with E-state index >= 15 is 0 Å². The first-order valence-corrected chi connectivity index (χ1v) is 6.67. The summed E-state index contributed by atoms with van der Waals surface area (Å²) in [4.78, 5) is 11.2. The Morgan fingerprint density at radius 2 is 2.30 bits per heavy atom. The van der Waals surface area contributed by atoms with Gasteiger partial charge in [-0.05, 0) is 19.8 Å². The molecule has 0 unspecified atom stereocenters. The van der Waals surface area contributed by atoms with Crippen LogP contribution in [0.15, 0.2) is 12.4 Å². The number of nitrogens with two attached hydrogens (primary N) is 1. The van der Waals surface area contributed by atoms with Crippen LogP contribution in [0, 0.1) is 6.92 Å². The SMILES string of the molecule is Cc1nn(C)c(-n2cc(C(N)=O)cn2)c1CNC1CC1. The fraction of sp³-hybridized carbons (Fsp3) is 0.462. The molecule has 0 aliphatic heterocycles. The quantitative estimate of drug-likeness (QED) is 0.818. The third kappa shape index (κ3) is 2.32. The summed E-state index contributed by atoms with van der Waals surface area (Å²) in [7, 11) is 1.87. The third-order valence-electron chi connectivity index (χ3n) is 3.54. The topological polar surface area (TPSA) is 90.8 Å². The van der Waals surface area contributed by atoms with Gasteiger partial charge in [0, 0.05) is 31.4 Å². The van der Waals surface area contributed by atoms with Gasteiger partial charge in [-0.1, -0.05) is 0 Å². The van der Waals surface area contributed by atoms with Crippen molar-refractivity contribution in [3.8, 4) is 5.82 Å². The Morgan fingerprint density at radius 1 is 1.55 bits per heavy atom. The Hall–Kier alpha value is -2.15. The summed E-state index contributed by atoms with van der Waals surface area (Å²) in [6, 6.07) is 0.626. The molecule has 20 heavy (non-hydrogen) atoms. The number of rotatable bonds is 5. The molecule has 0 bridgehead atoms. The lowest BCUT2D eigenvalue weighted by Gasteiger charge is -2.07. The van der Waals surface area contributed by atoms with Gasteiger partial charge in [-0.15, -0.1) is 0 Å². The molecule has 1 aliphatic carbocycles. The standard InChI is InChI=1S/C13H18N6O/c1-8-11(6-15-10-3-4-10)13(18(2)17-8)19-7-9(5-16-19)12(14)20/h5,7,10,15H,3-4,6H2,1-2H3,(H2,14,20). The van der Waals surface area contributed by atoms with E-state index in [1.54, 1.807) is 15.6 Å². The maximum atomic E-state index is 11.2. The lowest BCUT2D eigenvalue weighted by atomic mass is 10.2. The molecule has 0 spiro atoms. The molecular weight excluding hydrogens is 256 g/mol. The van der Waals surface area contributed by atoms with Gasteiger partial charge >= 0.3 is 0 Å². The maximum absolute atomic E-state index is 11.2. The fourth-order valence-electron chi connectivity index (χ4n) is 2.28. The highest BCUT2D eigenvalue weighted by molar-refractivity contribution is 5.92. The second kappa shape index (κ2) is 4.75. The minimum absolute atomic E-state index is 0.393. The van der Waals surface area contributed by atoms with Gasteiger partial charge in [0.25, 0.3) is 5.91 Å². The highest BCUT2D eigenvalue weighted by Gasteiger charge is 2.23. The third-order valence-corrected chi connectivity index (χ3v) is 3.54. The van der Waals surface area contributed by atoms with Crippen molar-refractivity contribution < 1.29 is 4.79 Å². The van der Waals surface area contributed by atoms with Crippen molar-refractivity contribution in [3.63, 3.8) is 0 Å². The van der Waals surface area contributed by atoms with Crippen LogP contribution in [0.5, 0.6) is 0 Å². The van der Waals surface area contributed by atoms with E-state index in [1.807, 2.05) is 14.0 Å². The Kier molecular flexibility index (Phi) is 3.06. The van der Waals surface area contributed by atoms with Crippen molar-refractivity contribution in [1.82, 2.24) is 24.9 Å². The number of hydrogen-bond acceptors (Lipinski definition) is 4. The van der Waals surface area contributed by atoms with Gasteiger partial charge in [0.1, 0.15) is 0 Å². The molecule has 3 N–H and O–H groups in total. The monoisotopic (exact) mass is 274 g/mol. The van der Waals surface area contributed by atoms with Gasteiger partial charge in [0.15, 0.2) is 5.82 Å². The van der Waals surface area contributed by atoms with Crippen LogP contribution in [0.1, 0.15) is 34.5 Å². The van der Waals surface area contributed by atoms with E-state index in [1.165, 1.54) is 19.0 Å². The number of carbonyl (C=O) groups excluding carboxylic acids is 1. The number of carbonyl (C=O) groups is 1. The minimum atomic E-state index is -0.479. The summed E-state index contributed by atoms with van der Waals surface area (Å²) in [5, 5.41) is 12.1. The largest absolute Gasteiger partial charge is 0.366 e. The van der Waals surface area contributed by atoms with E-state index in [2.05, 4.69) is 15.5 Å². The Bertz CT molecular complexity index is 652. The molecule has 7 nitrogen and oxygen atoms in total. The van der Waals surface area contributed by atoms with Crippen LogP contribution < -0.4 is 11.1 Å². The second-order valence-electron chi connectivity index (χ2n) is 5.20. The molecule has 0 aromatic carbocycles. The average Bonchev–Trinajstić information content (AvgIpc) is 3.00. The second-order valence-corrected chi connectivity index (χ2v) is 5.20. The summed E-state index contributed by atoms with van der Waals surface area (Å²) in [5.41, 5.74) is 7.72. The Balaban J connectivity index is 1.95. The normalized spacial score (nSPS) is 14.7. The lowest BCUT2D eigenvalue weighted by Crippen LogP contribution is -2.17. The first kappa shape index (κ1) is 12.9. The molecule has 3 rings (SSSR count). The molecule has 0 radical (unpaired) electrons. The van der Waals surface area contributed by atoms with Gasteiger partial charge in [0.05, 0.1) is 17.5 Å². The van der Waals surface area contributed by atoms with Crippen molar-refractivity contribution in [2.75, 3.05) is 0 Å². The highest BCUT2D eigenvalue weighted by Crippen LogP contribution is 2.22. The zero-order valence-corrected chi connectivity index (χ0v) is 11.6. The van der Waals surface area contributed by atoms with Gasteiger partial charge in [-0.3, -0.25) is 9.48 Å². The van der Waals surface area contributed by atoms with E-state index in [4.69, 9.17) is 5.73 Å². The minimum Gasteiger partial charge on any atom is -0.366 e. The number of aromatic nitrogens is 4. The van der Waals surface area contributed by atoms with Crippen molar-refractivity contribution in [1.29, 1.82) is 0 Å². The molecule has 1 saturated carbocycles. The van der Waals surface area contributed by atoms with E-state index in [-0.39, 0.29) is 0 Å². The first-order chi connectivity index (χ1) is 9.56. The van der Waals surface area contributed by atoms with E-state index in [0.717, 1.165) is 23.6 Å². The van der Waals surface area contributed by atoms with E-state index in [0.29, 0.717) is 11.6 Å². The summed E-state index contributed by atoms with van der Waals surface area (Å²) < 4.78 is 3.43. The van der Waals surface area contributed by atoms with Crippen LogP contribution in [-0.2, 0) is 13.6 Å². The van der Waals surface area contributed by atoms with Crippen molar-refractivity contribution in [2.24, 2.45) is 12.8 Å². The van der Waals surface area contributed by atoms with Gasteiger partial charge < -0.3 is 11.1 Å². The number of primary amides is 1. The molecule has 1 aliphatic rings. The number of nitrogens with zero attached hydrogens (tertiary/aromatic N) is 4. The van der Waals surface area contributed by atoms with E-state index < -0.39 is 5.91 Å². The fourth-order valence-corrected chi connectivity index (χ4v) is 2.28. The van der Waals surface area contributed by atoms with Crippen LogP contribution in [0.4, 0.5) is 0 Å². The first-order valence-electron chi connectivity index (χ1n) is 6.67. The Labute approximate surface area is 116 Å². The van der Waals surface area contributed by atoms with Gasteiger partial charge in [0.2, 0.25) is 0 Å². The predicted octanol–water partition coefficient (Wildman–Crippen LogP) is 0.265. The number of nitrogens with one attached hydrogen (secondary N) is 1. The summed E-state index contributed by atoms with van der Waals surface area (Å²) in [6.07, 6.45) is 5.59. The molecule has 0 saturated heterocycles. The smallest absolute Gasteiger partial charge is 0.251 e. The van der Waals surface area contributed by atoms with Crippen molar-refractivity contribution in [2.45, 2.75) is 32.4 Å². The van der Waals surface area contributed by atoms with Gasteiger partial charge in [-0.2, -0.15) is 10.2 Å². The molecule has 0 atom stereocenters. The molecule has 106 valence electrons. The highest BCUT2D eigenvalue weighted by atomic mass is 16.1. The van der Waals surface area contributed by atoms with Gasteiger partial charge in [-0.25, -0.2) is 4.68 Å². The van der Waals surface area contributed by atoms with Crippen LogP contribution in [-0.4, -0.2) is 31.5 Å². The number of aryl methyl sites for hydroxylation is 2. The summed E-state index contributed by atoms with van der Waals surface area (Å²) in [5.74, 6) is 0.385. The Morgan fingerprint density at radius 3 is 2.90 bits per heavy atom. The van der Waals surface area contributed by atoms with Crippen LogP contribution in [0.2, 0.25) is 0 Å². The molecule has 2 aromatic heterocycles. The van der Waals surface area contributed by atoms with E-state index in [9.17, 15) is 4.79 Å². The predicted molar refractivity (Wildman–Crippen MR) is 73.4 cm³/mol. The average molecular weight is 274 g/mol. The van der Waals surface area contributed by atoms with Crippen LogP contribution >= 0.6 is 0 Å².